The van der Waals surface area contributed by atoms with Crippen LogP contribution < -0.4 is 4.74 Å². The lowest BCUT2D eigenvalue weighted by molar-refractivity contribution is 0.415. The first-order valence-electron chi connectivity index (χ1n) is 5.74. The van der Waals surface area contributed by atoms with Crippen LogP contribution in [0.3, 0.4) is 0 Å². The van der Waals surface area contributed by atoms with Gasteiger partial charge in [-0.05, 0) is 48.6 Å². The molecule has 96 valence electrons. The van der Waals surface area contributed by atoms with Crippen molar-refractivity contribution in [3.8, 4) is 11.4 Å². The fraction of sp³-hybridized carbons (Fsp3) is 0.0714. The van der Waals surface area contributed by atoms with Gasteiger partial charge in [-0.1, -0.05) is 11.6 Å². The Morgan fingerprint density at radius 1 is 1.16 bits per heavy atom. The van der Waals surface area contributed by atoms with Crippen LogP contribution >= 0.6 is 23.8 Å². The quantitative estimate of drug-likeness (QED) is 0.711. The maximum Gasteiger partial charge on any atom is 0.182 e. The van der Waals surface area contributed by atoms with Crippen LogP contribution in [0.5, 0.6) is 5.75 Å². The van der Waals surface area contributed by atoms with Crippen LogP contribution in [-0.2, 0) is 0 Å². The monoisotopic (exact) mass is 290 g/mol. The average Bonchev–Trinajstić information content (AvgIpc) is 2.74. The number of H-pyrrole nitrogens is 1. The summed E-state index contributed by atoms with van der Waals surface area (Å²) in [6, 6.07) is 13.4. The highest BCUT2D eigenvalue weighted by molar-refractivity contribution is 7.71. The van der Waals surface area contributed by atoms with Crippen molar-refractivity contribution >= 4 is 34.9 Å². The number of fused-ring (bicyclic) bond motifs is 1. The Morgan fingerprint density at radius 3 is 2.58 bits per heavy atom. The molecule has 0 bridgehead atoms. The van der Waals surface area contributed by atoms with E-state index in [-0.39, 0.29) is 0 Å². The van der Waals surface area contributed by atoms with Gasteiger partial charge in [0.05, 0.1) is 18.1 Å². The summed E-state index contributed by atoms with van der Waals surface area (Å²) in [6.45, 7) is 0. The van der Waals surface area contributed by atoms with E-state index in [1.54, 1.807) is 7.11 Å². The van der Waals surface area contributed by atoms with Gasteiger partial charge >= 0.3 is 0 Å². The lowest BCUT2D eigenvalue weighted by atomic mass is 10.2. The number of aromatic nitrogens is 2. The molecule has 0 aliphatic heterocycles. The molecule has 3 rings (SSSR count). The molecule has 1 heterocycles. The largest absolute Gasteiger partial charge is 0.497 e. The topological polar surface area (TPSA) is 29.9 Å². The summed E-state index contributed by atoms with van der Waals surface area (Å²) in [7, 11) is 1.64. The predicted octanol–water partition coefficient (Wildman–Crippen LogP) is 4.35. The van der Waals surface area contributed by atoms with Gasteiger partial charge in [-0.25, -0.2) is 0 Å². The molecule has 5 heteroatoms. The van der Waals surface area contributed by atoms with Crippen LogP contribution in [0, 0.1) is 4.77 Å². The molecule has 0 spiro atoms. The summed E-state index contributed by atoms with van der Waals surface area (Å²) < 4.78 is 7.83. The Kier molecular flexibility index (Phi) is 3.05. The molecule has 3 aromatic rings. The van der Waals surface area contributed by atoms with Gasteiger partial charge in [-0.3, -0.25) is 4.57 Å². The Bertz CT molecular complexity index is 789. The number of imidazole rings is 1. The number of halogens is 1. The molecule has 0 unspecified atom stereocenters. The van der Waals surface area contributed by atoms with Crippen molar-refractivity contribution in [2.75, 3.05) is 7.11 Å². The molecule has 0 saturated heterocycles. The smallest absolute Gasteiger partial charge is 0.182 e. The van der Waals surface area contributed by atoms with Gasteiger partial charge in [0.25, 0.3) is 0 Å². The van der Waals surface area contributed by atoms with Gasteiger partial charge in [0.1, 0.15) is 5.75 Å². The summed E-state index contributed by atoms with van der Waals surface area (Å²) in [5.74, 6) is 0.798. The zero-order valence-electron chi connectivity index (χ0n) is 10.2. The molecular weight excluding hydrogens is 280 g/mol. The number of hydrogen-bond acceptors (Lipinski definition) is 2. The van der Waals surface area contributed by atoms with Gasteiger partial charge in [0.2, 0.25) is 0 Å². The summed E-state index contributed by atoms with van der Waals surface area (Å²) in [5.41, 5.74) is 2.93. The van der Waals surface area contributed by atoms with Crippen molar-refractivity contribution in [3.05, 3.63) is 52.3 Å². The number of benzene rings is 2. The molecule has 19 heavy (non-hydrogen) atoms. The van der Waals surface area contributed by atoms with Gasteiger partial charge in [-0.15, -0.1) is 0 Å². The first-order valence-corrected chi connectivity index (χ1v) is 6.52. The molecule has 1 N–H and O–H groups in total. The summed E-state index contributed by atoms with van der Waals surface area (Å²) >= 11 is 11.3. The minimum absolute atomic E-state index is 0.644. The second-order valence-corrected chi connectivity index (χ2v) is 4.95. The summed E-state index contributed by atoms with van der Waals surface area (Å²) in [4.78, 5) is 3.18. The fourth-order valence-electron chi connectivity index (χ4n) is 2.06. The van der Waals surface area contributed by atoms with E-state index in [1.165, 1.54) is 0 Å². The molecule has 1 aromatic heterocycles. The van der Waals surface area contributed by atoms with Crippen LogP contribution in [0.15, 0.2) is 42.5 Å². The number of ether oxygens (including phenoxy) is 1. The van der Waals surface area contributed by atoms with E-state index in [0.29, 0.717) is 9.79 Å². The standard InChI is InChI=1S/C14H11ClN2OS/c1-18-11-6-7-13-12(8-11)16-14(19)17(13)10-4-2-9(15)3-5-10/h2-8H,1H3,(H,16,19). The van der Waals surface area contributed by atoms with E-state index >= 15 is 0 Å². The third-order valence-electron chi connectivity index (χ3n) is 2.97. The summed E-state index contributed by atoms with van der Waals surface area (Å²) in [5, 5.41) is 0.705. The van der Waals surface area contributed by atoms with Gasteiger partial charge in [0.15, 0.2) is 4.77 Å². The van der Waals surface area contributed by atoms with E-state index in [2.05, 4.69) is 4.98 Å². The van der Waals surface area contributed by atoms with E-state index < -0.39 is 0 Å². The highest BCUT2D eigenvalue weighted by atomic mass is 35.5. The number of rotatable bonds is 2. The van der Waals surface area contributed by atoms with Crippen molar-refractivity contribution in [2.45, 2.75) is 0 Å². The third kappa shape index (κ3) is 2.13. The molecule has 0 atom stereocenters. The minimum atomic E-state index is 0.644. The van der Waals surface area contributed by atoms with Crippen LogP contribution in [0.2, 0.25) is 5.02 Å². The molecule has 0 amide bonds. The zero-order valence-corrected chi connectivity index (χ0v) is 11.8. The zero-order chi connectivity index (χ0) is 13.4. The van der Waals surface area contributed by atoms with E-state index in [1.807, 2.05) is 47.0 Å². The van der Waals surface area contributed by atoms with E-state index in [4.69, 9.17) is 28.6 Å². The Labute approximate surface area is 120 Å². The molecule has 3 nitrogen and oxygen atoms in total. The number of hydrogen-bond donors (Lipinski definition) is 1. The Hall–Kier alpha value is -1.78. The average molecular weight is 291 g/mol. The van der Waals surface area contributed by atoms with Gasteiger partial charge in [-0.2, -0.15) is 0 Å². The molecule has 0 saturated carbocycles. The van der Waals surface area contributed by atoms with Crippen LogP contribution in [0.4, 0.5) is 0 Å². The third-order valence-corrected chi connectivity index (χ3v) is 3.51. The molecular formula is C14H11ClN2OS. The van der Waals surface area contributed by atoms with Crippen molar-refractivity contribution in [1.29, 1.82) is 0 Å². The number of nitrogens with zero attached hydrogens (tertiary/aromatic N) is 1. The first kappa shape index (κ1) is 12.3. The van der Waals surface area contributed by atoms with Gasteiger partial charge in [0, 0.05) is 16.8 Å². The molecule has 0 aliphatic rings. The highest BCUT2D eigenvalue weighted by Gasteiger charge is 2.07. The first-order chi connectivity index (χ1) is 9.19. The molecule has 0 fully saturated rings. The van der Waals surface area contributed by atoms with Crippen molar-refractivity contribution in [3.63, 3.8) is 0 Å². The predicted molar refractivity (Wildman–Crippen MR) is 80.0 cm³/mol. The minimum Gasteiger partial charge on any atom is -0.497 e. The van der Waals surface area contributed by atoms with E-state index in [9.17, 15) is 0 Å². The lowest BCUT2D eigenvalue weighted by Crippen LogP contribution is -1.93. The fourth-order valence-corrected chi connectivity index (χ4v) is 2.50. The number of nitrogens with one attached hydrogen (secondary N) is 1. The van der Waals surface area contributed by atoms with Crippen LogP contribution in [0.1, 0.15) is 0 Å². The van der Waals surface area contributed by atoms with Crippen LogP contribution in [-0.4, -0.2) is 16.7 Å². The Balaban J connectivity index is 2.26. The SMILES string of the molecule is COc1ccc2c(c1)[nH]c(=S)n2-c1ccc(Cl)cc1. The second-order valence-electron chi connectivity index (χ2n) is 4.13. The maximum atomic E-state index is 5.91. The van der Waals surface area contributed by atoms with Crippen LogP contribution in [0.25, 0.3) is 16.7 Å². The molecule has 2 aromatic carbocycles. The lowest BCUT2D eigenvalue weighted by Gasteiger charge is -2.05. The molecule has 0 radical (unpaired) electrons. The van der Waals surface area contributed by atoms with Crippen molar-refractivity contribution in [2.24, 2.45) is 0 Å². The van der Waals surface area contributed by atoms with Crippen molar-refractivity contribution in [1.82, 2.24) is 9.55 Å². The Morgan fingerprint density at radius 2 is 1.89 bits per heavy atom. The summed E-state index contributed by atoms with van der Waals surface area (Å²) in [6.07, 6.45) is 0. The normalized spacial score (nSPS) is 10.8. The number of aromatic amines is 1. The number of methoxy groups -OCH3 is 1. The van der Waals surface area contributed by atoms with Gasteiger partial charge < -0.3 is 9.72 Å². The second kappa shape index (κ2) is 4.72. The van der Waals surface area contributed by atoms with E-state index in [0.717, 1.165) is 22.5 Å². The highest BCUT2D eigenvalue weighted by Crippen LogP contribution is 2.24. The maximum absolute atomic E-state index is 5.91. The van der Waals surface area contributed by atoms with Crippen molar-refractivity contribution < 1.29 is 4.74 Å². The molecule has 0 aliphatic carbocycles.